The predicted octanol–water partition coefficient (Wildman–Crippen LogP) is 3.43. The van der Waals surface area contributed by atoms with Crippen LogP contribution in [-0.4, -0.2) is 24.1 Å². The van der Waals surface area contributed by atoms with Crippen LogP contribution in [0.2, 0.25) is 5.02 Å². The van der Waals surface area contributed by atoms with Crippen molar-refractivity contribution in [2.24, 2.45) is 10.7 Å². The van der Waals surface area contributed by atoms with Gasteiger partial charge in [0, 0.05) is 5.54 Å². The summed E-state index contributed by atoms with van der Waals surface area (Å²) in [5, 5.41) is 3.69. The van der Waals surface area contributed by atoms with Gasteiger partial charge in [0.15, 0.2) is 5.96 Å². The number of hydrogen-bond acceptors (Lipinski definition) is 2. The Labute approximate surface area is 143 Å². The van der Waals surface area contributed by atoms with Gasteiger partial charge in [-0.2, -0.15) is 0 Å². The van der Waals surface area contributed by atoms with Crippen LogP contribution in [0.5, 0.6) is 5.75 Å². The van der Waals surface area contributed by atoms with Crippen LogP contribution < -0.4 is 15.8 Å². The van der Waals surface area contributed by atoms with Gasteiger partial charge in [0.2, 0.25) is 0 Å². The number of halogens is 2. The van der Waals surface area contributed by atoms with Crippen molar-refractivity contribution in [3.05, 3.63) is 29.3 Å². The molecular weight excluding hydrogens is 389 g/mol. The van der Waals surface area contributed by atoms with Crippen LogP contribution in [-0.2, 0) is 0 Å². The Balaban J connectivity index is 0.00000361. The molecule has 20 heavy (non-hydrogen) atoms. The van der Waals surface area contributed by atoms with E-state index in [-0.39, 0.29) is 35.6 Å². The van der Waals surface area contributed by atoms with Gasteiger partial charge in [0.05, 0.1) is 11.6 Å². The molecule has 4 nitrogen and oxygen atoms in total. The van der Waals surface area contributed by atoms with Gasteiger partial charge in [-0.1, -0.05) is 23.7 Å². The van der Waals surface area contributed by atoms with Crippen molar-refractivity contribution in [3.8, 4) is 5.75 Å². The van der Waals surface area contributed by atoms with E-state index in [4.69, 9.17) is 22.1 Å². The van der Waals surface area contributed by atoms with Crippen LogP contribution in [0, 0.1) is 0 Å². The van der Waals surface area contributed by atoms with E-state index in [9.17, 15) is 0 Å². The molecule has 3 N–H and O–H groups in total. The third kappa shape index (κ3) is 7.79. The van der Waals surface area contributed by atoms with E-state index in [2.05, 4.69) is 10.3 Å². The van der Waals surface area contributed by atoms with Crippen molar-refractivity contribution < 1.29 is 4.74 Å². The highest BCUT2D eigenvalue weighted by molar-refractivity contribution is 14.0. The lowest BCUT2D eigenvalue weighted by Crippen LogP contribution is -2.45. The second kappa shape index (κ2) is 8.56. The maximum absolute atomic E-state index is 6.02. The molecule has 1 aromatic rings. The minimum absolute atomic E-state index is 0. The van der Waals surface area contributed by atoms with E-state index < -0.39 is 0 Å². The van der Waals surface area contributed by atoms with Crippen molar-refractivity contribution in [1.82, 2.24) is 5.32 Å². The van der Waals surface area contributed by atoms with Crippen molar-refractivity contribution in [2.75, 3.05) is 6.54 Å². The molecule has 0 aliphatic carbocycles. The number of nitrogens with two attached hydrogens (primary N) is 1. The Morgan fingerprint density at radius 2 is 2.00 bits per heavy atom. The topological polar surface area (TPSA) is 59.6 Å². The highest BCUT2D eigenvalue weighted by atomic mass is 127. The summed E-state index contributed by atoms with van der Waals surface area (Å²) in [4.78, 5) is 4.25. The molecule has 0 spiro atoms. The number of hydrogen-bond donors (Lipinski definition) is 2. The van der Waals surface area contributed by atoms with Gasteiger partial charge < -0.3 is 15.8 Å². The van der Waals surface area contributed by atoms with Crippen molar-refractivity contribution >= 4 is 41.5 Å². The number of para-hydroxylation sites is 1. The first-order valence-electron chi connectivity index (χ1n) is 6.27. The molecule has 0 aliphatic rings. The molecule has 1 unspecified atom stereocenters. The van der Waals surface area contributed by atoms with E-state index >= 15 is 0 Å². The zero-order valence-electron chi connectivity index (χ0n) is 12.3. The Morgan fingerprint density at radius 3 is 2.55 bits per heavy atom. The fourth-order valence-corrected chi connectivity index (χ4v) is 1.63. The number of nitrogens with zero attached hydrogens (tertiary/aromatic N) is 1. The van der Waals surface area contributed by atoms with Crippen molar-refractivity contribution in [2.45, 2.75) is 39.3 Å². The van der Waals surface area contributed by atoms with E-state index in [1.165, 1.54) is 0 Å². The molecule has 1 rings (SSSR count). The van der Waals surface area contributed by atoms with Gasteiger partial charge in [-0.15, -0.1) is 24.0 Å². The molecule has 0 bridgehead atoms. The van der Waals surface area contributed by atoms with E-state index in [1.807, 2.05) is 45.9 Å². The quantitative estimate of drug-likeness (QED) is 0.453. The van der Waals surface area contributed by atoms with Crippen molar-refractivity contribution in [1.29, 1.82) is 0 Å². The number of aliphatic imine (C=N–C) groups is 1. The molecule has 0 saturated carbocycles. The molecule has 6 heteroatoms. The zero-order chi connectivity index (χ0) is 14.5. The standard InChI is InChI=1S/C14H22ClN3O.HI/c1-10(9-17-13(16)18-14(2,3)4)19-12-8-6-5-7-11(12)15;/h5-8,10H,9H2,1-4H3,(H3,16,17,18);1H. The molecule has 0 radical (unpaired) electrons. The highest BCUT2D eigenvalue weighted by Gasteiger charge is 2.11. The SMILES string of the molecule is CC(CN=C(N)NC(C)(C)C)Oc1ccccc1Cl.I. The fraction of sp³-hybridized carbons (Fsp3) is 0.500. The van der Waals surface area contributed by atoms with Crippen LogP contribution in [0.1, 0.15) is 27.7 Å². The number of ether oxygens (including phenoxy) is 1. The summed E-state index contributed by atoms with van der Waals surface area (Å²) in [5.74, 6) is 1.08. The van der Waals surface area contributed by atoms with Crippen LogP contribution in [0.15, 0.2) is 29.3 Å². The number of benzene rings is 1. The van der Waals surface area contributed by atoms with E-state index in [1.54, 1.807) is 6.07 Å². The van der Waals surface area contributed by atoms with Crippen LogP contribution in [0.4, 0.5) is 0 Å². The third-order valence-corrected chi connectivity index (χ3v) is 2.50. The lowest BCUT2D eigenvalue weighted by atomic mass is 10.1. The molecule has 1 aromatic carbocycles. The summed E-state index contributed by atoms with van der Waals surface area (Å²) in [6.45, 7) is 8.48. The second-order valence-corrected chi connectivity index (χ2v) is 5.87. The third-order valence-electron chi connectivity index (χ3n) is 2.19. The van der Waals surface area contributed by atoms with E-state index in [0.29, 0.717) is 23.3 Å². The van der Waals surface area contributed by atoms with Gasteiger partial charge in [0.25, 0.3) is 0 Å². The average molecular weight is 412 g/mol. The molecule has 0 amide bonds. The molecule has 114 valence electrons. The first-order chi connectivity index (χ1) is 8.78. The van der Waals surface area contributed by atoms with Gasteiger partial charge in [-0.05, 0) is 39.8 Å². The van der Waals surface area contributed by atoms with Crippen LogP contribution >= 0.6 is 35.6 Å². The number of rotatable bonds is 4. The minimum atomic E-state index is -0.0970. The number of guanidine groups is 1. The smallest absolute Gasteiger partial charge is 0.189 e. The van der Waals surface area contributed by atoms with E-state index in [0.717, 1.165) is 0 Å². The minimum Gasteiger partial charge on any atom is -0.487 e. The maximum Gasteiger partial charge on any atom is 0.189 e. The monoisotopic (exact) mass is 411 g/mol. The molecule has 0 fully saturated rings. The van der Waals surface area contributed by atoms with Crippen molar-refractivity contribution in [3.63, 3.8) is 0 Å². The van der Waals surface area contributed by atoms with Crippen LogP contribution in [0.3, 0.4) is 0 Å². The molecular formula is C14H23ClIN3O. The fourth-order valence-electron chi connectivity index (χ4n) is 1.44. The largest absolute Gasteiger partial charge is 0.487 e. The first kappa shape index (κ1) is 19.3. The lowest BCUT2D eigenvalue weighted by molar-refractivity contribution is 0.230. The molecule has 0 aromatic heterocycles. The summed E-state index contributed by atoms with van der Waals surface area (Å²) in [5.41, 5.74) is 5.69. The Morgan fingerprint density at radius 1 is 1.40 bits per heavy atom. The zero-order valence-corrected chi connectivity index (χ0v) is 15.4. The Bertz CT molecular complexity index is 446. The predicted molar refractivity (Wildman–Crippen MR) is 96.3 cm³/mol. The normalized spacial score (nSPS) is 13.3. The summed E-state index contributed by atoms with van der Waals surface area (Å²) >= 11 is 6.02. The summed E-state index contributed by atoms with van der Waals surface area (Å²) in [7, 11) is 0. The van der Waals surface area contributed by atoms with Gasteiger partial charge in [0.1, 0.15) is 11.9 Å². The maximum atomic E-state index is 6.02. The summed E-state index contributed by atoms with van der Waals surface area (Å²) in [6.07, 6.45) is -0.0970. The molecule has 0 heterocycles. The average Bonchev–Trinajstić information content (AvgIpc) is 2.27. The lowest BCUT2D eigenvalue weighted by Gasteiger charge is -2.21. The second-order valence-electron chi connectivity index (χ2n) is 5.46. The molecule has 0 saturated heterocycles. The first-order valence-corrected chi connectivity index (χ1v) is 6.65. The molecule has 0 aliphatic heterocycles. The highest BCUT2D eigenvalue weighted by Crippen LogP contribution is 2.24. The number of nitrogens with one attached hydrogen (secondary N) is 1. The Kier molecular flexibility index (Phi) is 8.27. The van der Waals surface area contributed by atoms with Gasteiger partial charge >= 0.3 is 0 Å². The molecule has 1 atom stereocenters. The van der Waals surface area contributed by atoms with Gasteiger partial charge in [-0.3, -0.25) is 0 Å². The van der Waals surface area contributed by atoms with Crippen LogP contribution in [0.25, 0.3) is 0 Å². The summed E-state index contributed by atoms with van der Waals surface area (Å²) < 4.78 is 5.70. The summed E-state index contributed by atoms with van der Waals surface area (Å²) in [6, 6.07) is 7.37. The van der Waals surface area contributed by atoms with Gasteiger partial charge in [-0.25, -0.2) is 4.99 Å². The Hall–Kier alpha value is -0.690.